The molecule has 1 aromatic carbocycles. The summed E-state index contributed by atoms with van der Waals surface area (Å²) in [5.74, 6) is 0.984. The predicted molar refractivity (Wildman–Crippen MR) is 105 cm³/mol. The van der Waals surface area contributed by atoms with Gasteiger partial charge in [0.05, 0.1) is 12.2 Å². The number of amides is 1. The van der Waals surface area contributed by atoms with E-state index in [0.717, 1.165) is 45.5 Å². The molecule has 4 rings (SSSR count). The SMILES string of the molecule is CCc1ncc2c(n1)CN(C(=O)CCc1ccc(-c3ccc(Cl)cc3)[nH]1)C2. The van der Waals surface area contributed by atoms with Gasteiger partial charge in [0.2, 0.25) is 5.91 Å². The number of benzene rings is 1. The molecule has 1 aliphatic rings. The normalized spacial score (nSPS) is 13.0. The number of H-pyrrole nitrogens is 1. The number of fused-ring (bicyclic) bond motifs is 1. The van der Waals surface area contributed by atoms with E-state index in [1.807, 2.05) is 54.4 Å². The first-order valence-corrected chi connectivity index (χ1v) is 9.55. The molecule has 0 unspecified atom stereocenters. The molecule has 5 nitrogen and oxygen atoms in total. The van der Waals surface area contributed by atoms with E-state index in [1.54, 1.807) is 0 Å². The van der Waals surface area contributed by atoms with E-state index in [1.165, 1.54) is 0 Å². The summed E-state index contributed by atoms with van der Waals surface area (Å²) in [6.07, 6.45) is 3.83. The number of carbonyl (C=O) groups is 1. The van der Waals surface area contributed by atoms with Crippen molar-refractivity contribution in [1.82, 2.24) is 19.9 Å². The van der Waals surface area contributed by atoms with Crippen LogP contribution in [0.2, 0.25) is 5.02 Å². The molecule has 0 aliphatic carbocycles. The minimum absolute atomic E-state index is 0.147. The second kappa shape index (κ2) is 7.53. The standard InChI is InChI=1S/C21H21ClN4O/c1-2-20-23-11-15-12-26(13-19(15)25-20)21(27)10-8-17-7-9-18(24-17)14-3-5-16(22)6-4-14/h3-7,9,11,24H,2,8,10,12-13H2,1H3. The zero-order valence-electron chi connectivity index (χ0n) is 15.2. The first-order chi connectivity index (χ1) is 13.1. The summed E-state index contributed by atoms with van der Waals surface area (Å²) in [6, 6.07) is 11.8. The molecule has 6 heteroatoms. The highest BCUT2D eigenvalue weighted by Gasteiger charge is 2.24. The smallest absolute Gasteiger partial charge is 0.223 e. The molecule has 0 fully saturated rings. The Labute approximate surface area is 163 Å². The summed E-state index contributed by atoms with van der Waals surface area (Å²) in [5.41, 5.74) is 5.21. The van der Waals surface area contributed by atoms with Crippen LogP contribution in [-0.4, -0.2) is 25.8 Å². The molecule has 138 valence electrons. The van der Waals surface area contributed by atoms with E-state index in [4.69, 9.17) is 11.6 Å². The minimum Gasteiger partial charge on any atom is -0.358 e. The Bertz CT molecular complexity index is 965. The van der Waals surface area contributed by atoms with Crippen molar-refractivity contribution >= 4 is 17.5 Å². The highest BCUT2D eigenvalue weighted by molar-refractivity contribution is 6.30. The van der Waals surface area contributed by atoms with Crippen LogP contribution in [0.1, 0.15) is 36.1 Å². The largest absolute Gasteiger partial charge is 0.358 e. The second-order valence-corrected chi connectivity index (χ2v) is 7.20. The highest BCUT2D eigenvalue weighted by atomic mass is 35.5. The lowest BCUT2D eigenvalue weighted by Crippen LogP contribution is -2.25. The number of rotatable bonds is 5. The zero-order valence-corrected chi connectivity index (χ0v) is 16.0. The quantitative estimate of drug-likeness (QED) is 0.722. The molecule has 0 saturated heterocycles. The number of aromatic amines is 1. The molecule has 0 atom stereocenters. The highest BCUT2D eigenvalue weighted by Crippen LogP contribution is 2.23. The number of hydrogen-bond acceptors (Lipinski definition) is 3. The van der Waals surface area contributed by atoms with Gasteiger partial charge >= 0.3 is 0 Å². The van der Waals surface area contributed by atoms with Gasteiger partial charge in [-0.15, -0.1) is 0 Å². The number of halogens is 1. The van der Waals surface area contributed by atoms with Crippen LogP contribution in [0.4, 0.5) is 0 Å². The van der Waals surface area contributed by atoms with Crippen molar-refractivity contribution in [3.63, 3.8) is 0 Å². The molecule has 1 amide bonds. The van der Waals surface area contributed by atoms with Crippen LogP contribution in [0.15, 0.2) is 42.6 Å². The van der Waals surface area contributed by atoms with E-state index in [0.29, 0.717) is 25.9 Å². The summed E-state index contributed by atoms with van der Waals surface area (Å²) in [4.78, 5) is 26.7. The fourth-order valence-corrected chi connectivity index (χ4v) is 3.45. The summed E-state index contributed by atoms with van der Waals surface area (Å²) in [7, 11) is 0. The van der Waals surface area contributed by atoms with Crippen LogP contribution < -0.4 is 0 Å². The Kier molecular flexibility index (Phi) is 4.94. The number of nitrogens with one attached hydrogen (secondary N) is 1. The molecule has 0 saturated carbocycles. The zero-order chi connectivity index (χ0) is 18.8. The van der Waals surface area contributed by atoms with E-state index < -0.39 is 0 Å². The Hall–Kier alpha value is -2.66. The van der Waals surface area contributed by atoms with E-state index in [9.17, 15) is 4.79 Å². The van der Waals surface area contributed by atoms with Gasteiger partial charge in [0.25, 0.3) is 0 Å². The number of carbonyl (C=O) groups excluding carboxylic acids is 1. The van der Waals surface area contributed by atoms with E-state index in [-0.39, 0.29) is 5.91 Å². The first-order valence-electron chi connectivity index (χ1n) is 9.17. The van der Waals surface area contributed by atoms with Crippen molar-refractivity contribution < 1.29 is 4.79 Å². The van der Waals surface area contributed by atoms with Gasteiger partial charge in [-0.2, -0.15) is 0 Å². The molecular weight excluding hydrogens is 360 g/mol. The topological polar surface area (TPSA) is 61.9 Å². The van der Waals surface area contributed by atoms with E-state index >= 15 is 0 Å². The number of nitrogens with zero attached hydrogens (tertiary/aromatic N) is 3. The Morgan fingerprint density at radius 3 is 2.78 bits per heavy atom. The van der Waals surface area contributed by atoms with E-state index in [2.05, 4.69) is 15.0 Å². The molecule has 3 heterocycles. The molecule has 2 aromatic heterocycles. The minimum atomic E-state index is 0.147. The average molecular weight is 381 g/mol. The maximum atomic E-state index is 12.6. The summed E-state index contributed by atoms with van der Waals surface area (Å²) >= 11 is 5.94. The van der Waals surface area contributed by atoms with Gasteiger partial charge in [-0.3, -0.25) is 4.79 Å². The predicted octanol–water partition coefficient (Wildman–Crippen LogP) is 4.16. The van der Waals surface area contributed by atoms with Crippen molar-refractivity contribution in [2.75, 3.05) is 0 Å². The Balaban J connectivity index is 1.35. The summed E-state index contributed by atoms with van der Waals surface area (Å²) in [6.45, 7) is 3.23. The van der Waals surface area contributed by atoms with Gasteiger partial charge in [-0.05, 0) is 36.2 Å². The molecule has 27 heavy (non-hydrogen) atoms. The lowest BCUT2D eigenvalue weighted by atomic mass is 10.2. The van der Waals surface area contributed by atoms with Crippen LogP contribution >= 0.6 is 11.6 Å². The Morgan fingerprint density at radius 2 is 2.00 bits per heavy atom. The summed E-state index contributed by atoms with van der Waals surface area (Å²) in [5, 5.41) is 0.721. The third kappa shape index (κ3) is 3.88. The second-order valence-electron chi connectivity index (χ2n) is 6.77. The van der Waals surface area contributed by atoms with Gasteiger partial charge < -0.3 is 9.88 Å². The monoisotopic (exact) mass is 380 g/mol. The van der Waals surface area contributed by atoms with Gasteiger partial charge in [-0.25, -0.2) is 9.97 Å². The molecule has 3 aromatic rings. The van der Waals surface area contributed by atoms with Crippen molar-refractivity contribution in [1.29, 1.82) is 0 Å². The van der Waals surface area contributed by atoms with Crippen LogP contribution in [0, 0.1) is 0 Å². The van der Waals surface area contributed by atoms with Gasteiger partial charge in [0.15, 0.2) is 0 Å². The molecule has 1 aliphatic heterocycles. The number of aromatic nitrogens is 3. The third-order valence-corrected chi connectivity index (χ3v) is 5.14. The van der Waals surface area contributed by atoms with Crippen molar-refractivity contribution in [2.24, 2.45) is 0 Å². The molecule has 0 spiro atoms. The van der Waals surface area contributed by atoms with Gasteiger partial charge in [0.1, 0.15) is 5.82 Å². The van der Waals surface area contributed by atoms with Gasteiger partial charge in [-0.1, -0.05) is 30.7 Å². The maximum absolute atomic E-state index is 12.6. The Morgan fingerprint density at radius 1 is 1.19 bits per heavy atom. The number of hydrogen-bond donors (Lipinski definition) is 1. The van der Waals surface area contributed by atoms with Crippen molar-refractivity contribution in [3.8, 4) is 11.3 Å². The lowest BCUT2D eigenvalue weighted by molar-refractivity contribution is -0.131. The number of aryl methyl sites for hydroxylation is 2. The van der Waals surface area contributed by atoms with Crippen LogP contribution in [-0.2, 0) is 30.7 Å². The lowest BCUT2D eigenvalue weighted by Gasteiger charge is -2.14. The summed E-state index contributed by atoms with van der Waals surface area (Å²) < 4.78 is 0. The van der Waals surface area contributed by atoms with Crippen LogP contribution in [0.25, 0.3) is 11.3 Å². The maximum Gasteiger partial charge on any atom is 0.223 e. The van der Waals surface area contributed by atoms with Crippen molar-refractivity contribution in [3.05, 3.63) is 70.4 Å². The molecule has 1 N–H and O–H groups in total. The van der Waals surface area contributed by atoms with Crippen molar-refractivity contribution in [2.45, 2.75) is 39.3 Å². The fourth-order valence-electron chi connectivity index (χ4n) is 3.33. The molecule has 0 bridgehead atoms. The van der Waals surface area contributed by atoms with Gasteiger partial charge in [0, 0.05) is 47.6 Å². The average Bonchev–Trinajstić information content (AvgIpc) is 3.33. The van der Waals surface area contributed by atoms with Crippen LogP contribution in [0.5, 0.6) is 0 Å². The third-order valence-electron chi connectivity index (χ3n) is 4.88. The van der Waals surface area contributed by atoms with Crippen LogP contribution in [0.3, 0.4) is 0 Å². The molecular formula is C21H21ClN4O. The molecule has 0 radical (unpaired) electrons. The fraction of sp³-hybridized carbons (Fsp3) is 0.286. The first kappa shape index (κ1) is 17.7.